The van der Waals surface area contributed by atoms with Crippen molar-refractivity contribution >= 4 is 13.3 Å². The number of ether oxygens (including phenoxy) is 2. The summed E-state index contributed by atoms with van der Waals surface area (Å²) in [5, 5.41) is 1.39. The standard InChI is InChI=1S/C12H18O2Si/c1-15(2,3)12-7-5-4-6-11(12)14-9-10-8-13-10/h4-7,10H,8-9H2,1-3H3. The summed E-state index contributed by atoms with van der Waals surface area (Å²) in [4.78, 5) is 0. The first kappa shape index (κ1) is 10.7. The van der Waals surface area contributed by atoms with Gasteiger partial charge in [0, 0.05) is 0 Å². The van der Waals surface area contributed by atoms with Crippen LogP contribution in [-0.4, -0.2) is 27.4 Å². The Labute approximate surface area is 92.2 Å². The van der Waals surface area contributed by atoms with Crippen LogP contribution in [0, 0.1) is 0 Å². The Morgan fingerprint density at radius 1 is 1.33 bits per heavy atom. The number of hydrogen-bond acceptors (Lipinski definition) is 2. The Kier molecular flexibility index (Phi) is 2.84. The number of rotatable bonds is 4. The molecule has 0 radical (unpaired) electrons. The molecule has 2 nitrogen and oxygen atoms in total. The molecule has 1 fully saturated rings. The van der Waals surface area contributed by atoms with E-state index in [1.165, 1.54) is 5.19 Å². The second-order valence-corrected chi connectivity index (χ2v) is 10.1. The van der Waals surface area contributed by atoms with E-state index in [9.17, 15) is 0 Å². The van der Waals surface area contributed by atoms with E-state index in [0.717, 1.165) is 12.4 Å². The van der Waals surface area contributed by atoms with Gasteiger partial charge in [0.2, 0.25) is 0 Å². The molecule has 1 atom stereocenters. The van der Waals surface area contributed by atoms with Crippen LogP contribution in [0.2, 0.25) is 19.6 Å². The van der Waals surface area contributed by atoms with Crippen LogP contribution in [0.4, 0.5) is 0 Å². The van der Waals surface area contributed by atoms with Crippen molar-refractivity contribution in [3.05, 3.63) is 24.3 Å². The van der Waals surface area contributed by atoms with Crippen LogP contribution in [0.3, 0.4) is 0 Å². The van der Waals surface area contributed by atoms with Crippen molar-refractivity contribution < 1.29 is 9.47 Å². The van der Waals surface area contributed by atoms with Gasteiger partial charge in [-0.05, 0) is 11.3 Å². The van der Waals surface area contributed by atoms with Gasteiger partial charge in [0.1, 0.15) is 18.5 Å². The highest BCUT2D eigenvalue weighted by Crippen LogP contribution is 2.16. The Hall–Kier alpha value is -0.803. The monoisotopic (exact) mass is 222 g/mol. The molecule has 1 aromatic carbocycles. The molecule has 1 saturated heterocycles. The molecule has 3 heteroatoms. The number of hydrogen-bond donors (Lipinski definition) is 0. The fourth-order valence-corrected chi connectivity index (χ4v) is 3.05. The Morgan fingerprint density at radius 3 is 2.60 bits per heavy atom. The summed E-state index contributed by atoms with van der Waals surface area (Å²) >= 11 is 0. The highest BCUT2D eigenvalue weighted by atomic mass is 28.3. The summed E-state index contributed by atoms with van der Waals surface area (Å²) in [5.74, 6) is 1.05. The van der Waals surface area contributed by atoms with Gasteiger partial charge in [0.15, 0.2) is 0 Å². The first-order valence-corrected chi connectivity index (χ1v) is 8.91. The quantitative estimate of drug-likeness (QED) is 0.574. The molecular weight excluding hydrogens is 204 g/mol. The van der Waals surface area contributed by atoms with Crippen molar-refractivity contribution in [2.45, 2.75) is 25.7 Å². The largest absolute Gasteiger partial charge is 0.491 e. The van der Waals surface area contributed by atoms with E-state index in [0.29, 0.717) is 12.7 Å². The van der Waals surface area contributed by atoms with Crippen LogP contribution < -0.4 is 9.92 Å². The molecule has 1 aromatic rings. The van der Waals surface area contributed by atoms with Crippen LogP contribution in [0.15, 0.2) is 24.3 Å². The molecule has 1 unspecified atom stereocenters. The van der Waals surface area contributed by atoms with Gasteiger partial charge < -0.3 is 9.47 Å². The zero-order valence-corrected chi connectivity index (χ0v) is 10.6. The third kappa shape index (κ3) is 2.83. The third-order valence-electron chi connectivity index (χ3n) is 2.52. The average Bonchev–Trinajstić information content (AvgIpc) is 2.97. The van der Waals surface area contributed by atoms with Gasteiger partial charge in [-0.2, -0.15) is 0 Å². The SMILES string of the molecule is C[Si](C)(C)c1ccccc1OCC1CO1. The molecular formula is C12H18O2Si. The second-order valence-electron chi connectivity index (χ2n) is 5.01. The van der Waals surface area contributed by atoms with E-state index >= 15 is 0 Å². The topological polar surface area (TPSA) is 21.8 Å². The number of epoxide rings is 1. The molecule has 0 N–H and O–H groups in total. The highest BCUT2D eigenvalue weighted by Gasteiger charge is 2.25. The number of para-hydroxylation sites is 1. The molecule has 1 aliphatic rings. The summed E-state index contributed by atoms with van der Waals surface area (Å²) in [7, 11) is -1.30. The van der Waals surface area contributed by atoms with Gasteiger partial charge in [-0.25, -0.2) is 0 Å². The van der Waals surface area contributed by atoms with E-state index < -0.39 is 8.07 Å². The minimum absolute atomic E-state index is 0.333. The zero-order chi connectivity index (χ0) is 10.9. The Balaban J connectivity index is 2.13. The van der Waals surface area contributed by atoms with Crippen molar-refractivity contribution in [3.63, 3.8) is 0 Å². The lowest BCUT2D eigenvalue weighted by Crippen LogP contribution is -2.38. The minimum Gasteiger partial charge on any atom is -0.491 e. The molecule has 0 aromatic heterocycles. The molecule has 2 rings (SSSR count). The van der Waals surface area contributed by atoms with Crippen molar-refractivity contribution in [2.24, 2.45) is 0 Å². The third-order valence-corrected chi connectivity index (χ3v) is 4.55. The molecule has 0 saturated carbocycles. The molecule has 0 aliphatic carbocycles. The van der Waals surface area contributed by atoms with Crippen LogP contribution in [0.5, 0.6) is 5.75 Å². The molecule has 0 spiro atoms. The number of benzene rings is 1. The van der Waals surface area contributed by atoms with Crippen LogP contribution in [-0.2, 0) is 4.74 Å². The summed E-state index contributed by atoms with van der Waals surface area (Å²) in [5.41, 5.74) is 0. The van der Waals surface area contributed by atoms with Gasteiger partial charge in [0.25, 0.3) is 0 Å². The molecule has 0 amide bonds. The molecule has 1 aliphatic heterocycles. The lowest BCUT2D eigenvalue weighted by atomic mass is 10.3. The predicted octanol–water partition coefficient (Wildman–Crippen LogP) is 2.01. The molecule has 1 heterocycles. The molecule has 15 heavy (non-hydrogen) atoms. The lowest BCUT2D eigenvalue weighted by molar-refractivity contribution is 0.264. The van der Waals surface area contributed by atoms with Gasteiger partial charge in [0.05, 0.1) is 14.7 Å². The van der Waals surface area contributed by atoms with E-state index in [2.05, 4.69) is 37.8 Å². The Bertz CT molecular complexity index is 340. The van der Waals surface area contributed by atoms with E-state index in [1.54, 1.807) is 0 Å². The molecule has 82 valence electrons. The zero-order valence-electron chi connectivity index (χ0n) is 9.62. The summed E-state index contributed by atoms with van der Waals surface area (Å²) < 4.78 is 10.9. The van der Waals surface area contributed by atoms with Crippen LogP contribution >= 0.6 is 0 Å². The maximum absolute atomic E-state index is 5.80. The smallest absolute Gasteiger partial charge is 0.118 e. The van der Waals surface area contributed by atoms with Crippen LogP contribution in [0.25, 0.3) is 0 Å². The van der Waals surface area contributed by atoms with Crippen molar-refractivity contribution in [2.75, 3.05) is 13.2 Å². The van der Waals surface area contributed by atoms with E-state index in [-0.39, 0.29) is 0 Å². The fraction of sp³-hybridized carbons (Fsp3) is 0.500. The lowest BCUT2D eigenvalue weighted by Gasteiger charge is -2.20. The molecule has 0 bridgehead atoms. The van der Waals surface area contributed by atoms with Crippen molar-refractivity contribution in [1.29, 1.82) is 0 Å². The maximum atomic E-state index is 5.80. The van der Waals surface area contributed by atoms with E-state index in [4.69, 9.17) is 9.47 Å². The normalized spacial score (nSPS) is 20.1. The minimum atomic E-state index is -1.30. The predicted molar refractivity (Wildman–Crippen MR) is 64.7 cm³/mol. The van der Waals surface area contributed by atoms with Gasteiger partial charge in [-0.3, -0.25) is 0 Å². The summed E-state index contributed by atoms with van der Waals surface area (Å²) in [6.45, 7) is 8.56. The van der Waals surface area contributed by atoms with Gasteiger partial charge in [-0.15, -0.1) is 0 Å². The summed E-state index contributed by atoms with van der Waals surface area (Å²) in [6.07, 6.45) is 0.333. The highest BCUT2D eigenvalue weighted by molar-refractivity contribution is 6.89. The maximum Gasteiger partial charge on any atom is 0.118 e. The summed E-state index contributed by atoms with van der Waals surface area (Å²) in [6, 6.07) is 8.38. The second kappa shape index (κ2) is 3.98. The van der Waals surface area contributed by atoms with Gasteiger partial charge in [-0.1, -0.05) is 37.8 Å². The van der Waals surface area contributed by atoms with Gasteiger partial charge >= 0.3 is 0 Å². The average molecular weight is 222 g/mol. The van der Waals surface area contributed by atoms with Crippen LogP contribution in [0.1, 0.15) is 0 Å². The van der Waals surface area contributed by atoms with Crippen molar-refractivity contribution in [1.82, 2.24) is 0 Å². The Morgan fingerprint density at radius 2 is 2.00 bits per heavy atom. The first-order chi connectivity index (χ1) is 7.07. The fourth-order valence-electron chi connectivity index (χ4n) is 1.56. The first-order valence-electron chi connectivity index (χ1n) is 5.41. The van der Waals surface area contributed by atoms with E-state index in [1.807, 2.05) is 6.07 Å². The van der Waals surface area contributed by atoms with Crippen molar-refractivity contribution in [3.8, 4) is 5.75 Å².